The van der Waals surface area contributed by atoms with E-state index in [2.05, 4.69) is 15.3 Å². The average molecular weight is 394 g/mol. The summed E-state index contributed by atoms with van der Waals surface area (Å²) < 4.78 is 10.8. The van der Waals surface area contributed by atoms with E-state index in [0.29, 0.717) is 41.7 Å². The third-order valence-corrected chi connectivity index (χ3v) is 4.52. The lowest BCUT2D eigenvalue weighted by atomic mass is 10.1. The summed E-state index contributed by atoms with van der Waals surface area (Å²) in [6.45, 7) is 0.663. The first kappa shape index (κ1) is 18.5. The number of ketones is 1. The summed E-state index contributed by atoms with van der Waals surface area (Å²) in [4.78, 5) is 34.1. The highest BCUT2D eigenvalue weighted by Gasteiger charge is 2.33. The summed E-state index contributed by atoms with van der Waals surface area (Å²) in [5, 5.41) is 12.2. The van der Waals surface area contributed by atoms with Gasteiger partial charge in [-0.2, -0.15) is 0 Å². The van der Waals surface area contributed by atoms with Crippen LogP contribution in [0, 0.1) is 0 Å². The van der Waals surface area contributed by atoms with Gasteiger partial charge in [0.05, 0.1) is 19.3 Å². The van der Waals surface area contributed by atoms with Crippen LogP contribution in [0.3, 0.4) is 0 Å². The molecular weight excluding hydrogens is 376 g/mol. The molecule has 0 saturated heterocycles. The highest BCUT2D eigenvalue weighted by molar-refractivity contribution is 6.11. The van der Waals surface area contributed by atoms with Crippen LogP contribution in [-0.2, 0) is 4.79 Å². The number of nitrogens with zero attached hydrogens (tertiary/aromatic N) is 3. The van der Waals surface area contributed by atoms with E-state index in [1.54, 1.807) is 24.4 Å². The lowest BCUT2D eigenvalue weighted by Crippen LogP contribution is -2.37. The molecule has 2 aliphatic rings. The lowest BCUT2D eigenvalue weighted by Gasteiger charge is -2.32. The number of amidine groups is 1. The number of hydrogen-bond donors (Lipinski definition) is 2. The Hall–Kier alpha value is -3.88. The quantitative estimate of drug-likeness (QED) is 0.563. The highest BCUT2D eigenvalue weighted by atomic mass is 16.5. The molecule has 0 atom stereocenters. The van der Waals surface area contributed by atoms with Crippen molar-refractivity contribution >= 4 is 23.3 Å². The second-order valence-corrected chi connectivity index (χ2v) is 6.32. The lowest BCUT2D eigenvalue weighted by molar-refractivity contribution is -0.139. The van der Waals surface area contributed by atoms with Crippen LogP contribution in [0.1, 0.15) is 15.9 Å². The number of carbonyl (C=O) groups excluding carboxylic acids is 1. The zero-order valence-corrected chi connectivity index (χ0v) is 15.6. The Morgan fingerprint density at radius 1 is 1.34 bits per heavy atom. The summed E-state index contributed by atoms with van der Waals surface area (Å²) in [5.41, 5.74) is 1.71. The maximum absolute atomic E-state index is 12.7. The largest absolute Gasteiger partial charge is 0.493 e. The standard InChI is InChI=1S/C20H18N4O5/c1-28-15-5-4-13-18(19(15)29-11-17(26)27)23-16(24-8-7-22-20(13)24)9-14(25)12-3-2-6-21-10-12/h2-6,9-10,23H,7-8,11H2,1H3,(H,26,27)/b16-9+. The number of aliphatic imine (C=N–C) groups is 1. The number of benzene rings is 1. The van der Waals surface area contributed by atoms with Crippen molar-refractivity contribution in [2.24, 2.45) is 4.99 Å². The number of hydrogen-bond acceptors (Lipinski definition) is 8. The first-order chi connectivity index (χ1) is 14.1. The molecule has 0 radical (unpaired) electrons. The molecule has 9 nitrogen and oxygen atoms in total. The number of methoxy groups -OCH3 is 1. The summed E-state index contributed by atoms with van der Waals surface area (Å²) in [6, 6.07) is 6.91. The van der Waals surface area contributed by atoms with Crippen LogP contribution in [0.15, 0.2) is 53.5 Å². The zero-order valence-electron chi connectivity index (χ0n) is 15.6. The van der Waals surface area contributed by atoms with E-state index in [4.69, 9.17) is 14.6 Å². The van der Waals surface area contributed by atoms with E-state index in [0.717, 1.165) is 5.56 Å². The Morgan fingerprint density at radius 2 is 2.21 bits per heavy atom. The number of fused-ring (bicyclic) bond motifs is 3. The number of carbonyl (C=O) groups is 2. The summed E-state index contributed by atoms with van der Waals surface area (Å²) in [6.07, 6.45) is 4.57. The number of carboxylic acids is 1. The van der Waals surface area contributed by atoms with E-state index in [1.807, 2.05) is 11.0 Å². The number of allylic oxidation sites excluding steroid dienone is 1. The van der Waals surface area contributed by atoms with E-state index >= 15 is 0 Å². The van der Waals surface area contributed by atoms with Crippen molar-refractivity contribution in [3.05, 3.63) is 59.7 Å². The third kappa shape index (κ3) is 3.49. The van der Waals surface area contributed by atoms with Crippen molar-refractivity contribution < 1.29 is 24.2 Å². The predicted octanol–water partition coefficient (Wildman–Crippen LogP) is 1.77. The molecule has 3 heterocycles. The van der Waals surface area contributed by atoms with Gasteiger partial charge in [0.2, 0.25) is 0 Å². The summed E-state index contributed by atoms with van der Waals surface area (Å²) in [7, 11) is 1.47. The molecule has 0 unspecified atom stereocenters. The van der Waals surface area contributed by atoms with Gasteiger partial charge in [-0.25, -0.2) is 4.79 Å². The molecule has 0 spiro atoms. The molecule has 148 valence electrons. The van der Waals surface area contributed by atoms with Crippen LogP contribution in [0.25, 0.3) is 0 Å². The molecule has 0 amide bonds. The van der Waals surface area contributed by atoms with E-state index in [-0.39, 0.29) is 11.5 Å². The van der Waals surface area contributed by atoms with Gasteiger partial charge in [0.25, 0.3) is 0 Å². The molecule has 1 aromatic heterocycles. The smallest absolute Gasteiger partial charge is 0.341 e. The first-order valence-corrected chi connectivity index (χ1v) is 8.89. The number of carboxylic acid groups (broad SMARTS) is 1. The van der Waals surface area contributed by atoms with Crippen molar-refractivity contribution in [3.63, 3.8) is 0 Å². The van der Waals surface area contributed by atoms with Crippen molar-refractivity contribution in [1.82, 2.24) is 9.88 Å². The molecule has 0 aliphatic carbocycles. The van der Waals surface area contributed by atoms with Crippen LogP contribution in [-0.4, -0.2) is 59.4 Å². The van der Waals surface area contributed by atoms with Gasteiger partial charge in [0.15, 0.2) is 23.9 Å². The number of aromatic nitrogens is 1. The molecular formula is C20H18N4O5. The van der Waals surface area contributed by atoms with Gasteiger partial charge in [-0.3, -0.25) is 14.8 Å². The van der Waals surface area contributed by atoms with Gasteiger partial charge in [-0.05, 0) is 24.3 Å². The van der Waals surface area contributed by atoms with Crippen LogP contribution in [0.4, 0.5) is 5.69 Å². The molecule has 0 saturated carbocycles. The van der Waals surface area contributed by atoms with Gasteiger partial charge in [-0.15, -0.1) is 0 Å². The second kappa shape index (κ2) is 7.63. The molecule has 2 N–H and O–H groups in total. The molecule has 9 heteroatoms. The van der Waals surface area contributed by atoms with Crippen molar-refractivity contribution in [2.45, 2.75) is 0 Å². The SMILES string of the molecule is COc1ccc2c(c1OCC(=O)O)N/C(=C\C(=O)c1cccnc1)N1CCN=C21. The number of anilines is 1. The second-order valence-electron chi connectivity index (χ2n) is 6.32. The van der Waals surface area contributed by atoms with Crippen LogP contribution >= 0.6 is 0 Å². The number of rotatable bonds is 6. The molecule has 0 bridgehead atoms. The molecule has 29 heavy (non-hydrogen) atoms. The number of aliphatic carboxylic acids is 1. The topological polar surface area (TPSA) is 113 Å². The highest BCUT2D eigenvalue weighted by Crippen LogP contribution is 2.43. The number of nitrogens with one attached hydrogen (secondary N) is 1. The van der Waals surface area contributed by atoms with Gasteiger partial charge in [-0.1, -0.05) is 0 Å². The molecule has 2 aromatic rings. The third-order valence-electron chi connectivity index (χ3n) is 4.52. The minimum atomic E-state index is -1.11. The molecule has 1 aromatic carbocycles. The molecule has 2 aliphatic heterocycles. The maximum atomic E-state index is 12.7. The van der Waals surface area contributed by atoms with Gasteiger partial charge >= 0.3 is 5.97 Å². The fourth-order valence-electron chi connectivity index (χ4n) is 3.25. The van der Waals surface area contributed by atoms with E-state index in [9.17, 15) is 9.59 Å². The Labute approximate surface area is 166 Å². The van der Waals surface area contributed by atoms with E-state index < -0.39 is 12.6 Å². The summed E-state index contributed by atoms with van der Waals surface area (Å²) in [5.74, 6) is 0.515. The Morgan fingerprint density at radius 3 is 2.93 bits per heavy atom. The molecule has 0 fully saturated rings. The van der Waals surface area contributed by atoms with Crippen molar-refractivity contribution in [1.29, 1.82) is 0 Å². The van der Waals surface area contributed by atoms with Crippen LogP contribution in [0.5, 0.6) is 11.5 Å². The predicted molar refractivity (Wildman–Crippen MR) is 105 cm³/mol. The van der Waals surface area contributed by atoms with Gasteiger partial charge < -0.3 is 24.8 Å². The Kier molecular flexibility index (Phi) is 4.86. The Bertz CT molecular complexity index is 1030. The fourth-order valence-corrected chi connectivity index (χ4v) is 3.25. The normalized spacial score (nSPS) is 15.8. The zero-order chi connectivity index (χ0) is 20.4. The molecule has 4 rings (SSSR count). The minimum absolute atomic E-state index is 0.216. The van der Waals surface area contributed by atoms with Crippen LogP contribution < -0.4 is 14.8 Å². The van der Waals surface area contributed by atoms with Crippen LogP contribution in [0.2, 0.25) is 0 Å². The number of ether oxygens (including phenoxy) is 2. The summed E-state index contributed by atoms with van der Waals surface area (Å²) >= 11 is 0. The van der Waals surface area contributed by atoms with Crippen molar-refractivity contribution in [2.75, 3.05) is 32.1 Å². The van der Waals surface area contributed by atoms with Crippen molar-refractivity contribution in [3.8, 4) is 11.5 Å². The Balaban J connectivity index is 1.77. The fraction of sp³-hybridized carbons (Fsp3) is 0.200. The monoisotopic (exact) mass is 394 g/mol. The van der Waals surface area contributed by atoms with Gasteiger partial charge in [0, 0.05) is 36.1 Å². The maximum Gasteiger partial charge on any atom is 0.341 e. The number of pyridine rings is 1. The minimum Gasteiger partial charge on any atom is -0.493 e. The van der Waals surface area contributed by atoms with E-state index in [1.165, 1.54) is 19.4 Å². The van der Waals surface area contributed by atoms with Gasteiger partial charge in [0.1, 0.15) is 11.7 Å². The average Bonchev–Trinajstić information content (AvgIpc) is 3.23. The first-order valence-electron chi connectivity index (χ1n) is 8.89.